The van der Waals surface area contributed by atoms with Crippen LogP contribution in [0.4, 0.5) is 0 Å². The minimum atomic E-state index is 0.325. The highest BCUT2D eigenvalue weighted by Crippen LogP contribution is 2.43. The van der Waals surface area contributed by atoms with E-state index in [-0.39, 0.29) is 0 Å². The fourth-order valence-corrected chi connectivity index (χ4v) is 4.49. The highest BCUT2D eigenvalue weighted by Gasteiger charge is 2.33. The van der Waals surface area contributed by atoms with Gasteiger partial charge in [0.1, 0.15) is 0 Å². The molecule has 1 aliphatic rings. The summed E-state index contributed by atoms with van der Waals surface area (Å²) in [6.07, 6.45) is 17.5. The van der Waals surface area contributed by atoms with Gasteiger partial charge in [0.25, 0.3) is 0 Å². The number of hydrogen-bond donors (Lipinski definition) is 0. The highest BCUT2D eigenvalue weighted by molar-refractivity contribution is 5.96. The van der Waals surface area contributed by atoms with E-state index in [1.165, 1.54) is 82.6 Å². The number of hydrogen-bond acceptors (Lipinski definition) is 1. The summed E-state index contributed by atoms with van der Waals surface area (Å²) in [4.78, 5) is 12.4. The highest BCUT2D eigenvalue weighted by atomic mass is 16.1. The van der Waals surface area contributed by atoms with E-state index in [0.717, 1.165) is 12.0 Å². The number of Topliss-reactive ketones (excluding diaryl/α,β-unsaturated/α-hetero) is 1. The molecule has 0 N–H and O–H groups in total. The van der Waals surface area contributed by atoms with E-state index in [1.54, 1.807) is 0 Å². The predicted octanol–water partition coefficient (Wildman–Crippen LogP) is 7.62. The van der Waals surface area contributed by atoms with Crippen molar-refractivity contribution in [1.82, 2.24) is 0 Å². The van der Waals surface area contributed by atoms with E-state index in [9.17, 15) is 4.79 Å². The smallest absolute Gasteiger partial charge is 0.162 e. The lowest BCUT2D eigenvalue weighted by molar-refractivity contribution is 0.0979. The van der Waals surface area contributed by atoms with Crippen LogP contribution in [0.25, 0.3) is 0 Å². The van der Waals surface area contributed by atoms with Crippen molar-refractivity contribution in [3.05, 3.63) is 35.4 Å². The Kier molecular flexibility index (Phi) is 8.72. The number of rotatable bonds is 11. The Morgan fingerprint density at radius 3 is 2.12 bits per heavy atom. The molecule has 1 aliphatic carbocycles. The van der Waals surface area contributed by atoms with Gasteiger partial charge in [-0.3, -0.25) is 4.79 Å². The fraction of sp³-hybridized carbons (Fsp3) is 0.708. The zero-order valence-electron chi connectivity index (χ0n) is 16.6. The molecular formula is C24H38O. The van der Waals surface area contributed by atoms with Crippen molar-refractivity contribution in [1.29, 1.82) is 0 Å². The van der Waals surface area contributed by atoms with Crippen LogP contribution in [-0.2, 0) is 5.41 Å². The van der Waals surface area contributed by atoms with Gasteiger partial charge in [-0.25, -0.2) is 0 Å². The summed E-state index contributed by atoms with van der Waals surface area (Å²) in [6.45, 7) is 4.50. The molecule has 2 rings (SSSR count). The molecule has 0 aliphatic heterocycles. The first-order valence-corrected chi connectivity index (χ1v) is 10.9. The largest absolute Gasteiger partial charge is 0.294 e. The molecule has 1 nitrogen and oxygen atoms in total. The van der Waals surface area contributed by atoms with Gasteiger partial charge in [0.2, 0.25) is 0 Å². The third kappa shape index (κ3) is 5.97. The molecule has 0 atom stereocenters. The van der Waals surface area contributed by atoms with Gasteiger partial charge >= 0.3 is 0 Å². The zero-order valence-corrected chi connectivity index (χ0v) is 16.6. The fourth-order valence-electron chi connectivity index (χ4n) is 4.49. The molecule has 1 aromatic carbocycles. The summed E-state index contributed by atoms with van der Waals surface area (Å²) in [5.41, 5.74) is 2.79. The first-order valence-electron chi connectivity index (χ1n) is 10.9. The van der Waals surface area contributed by atoms with E-state index in [2.05, 4.69) is 38.1 Å². The SMILES string of the molecule is CCCCCCC(=O)c1ccc(C2(CCCCC)CCCCC2)cc1. The van der Waals surface area contributed by atoms with Crippen LogP contribution in [0, 0.1) is 0 Å². The van der Waals surface area contributed by atoms with Gasteiger partial charge < -0.3 is 0 Å². The third-order valence-electron chi connectivity index (χ3n) is 6.15. The second-order valence-electron chi connectivity index (χ2n) is 8.11. The Labute approximate surface area is 155 Å². The number of carbonyl (C=O) groups excluding carboxylic acids is 1. The van der Waals surface area contributed by atoms with Crippen LogP contribution in [0.1, 0.15) is 120 Å². The first-order chi connectivity index (χ1) is 12.2. The molecule has 1 aromatic rings. The third-order valence-corrected chi connectivity index (χ3v) is 6.15. The maximum Gasteiger partial charge on any atom is 0.162 e. The monoisotopic (exact) mass is 342 g/mol. The second-order valence-corrected chi connectivity index (χ2v) is 8.11. The Morgan fingerprint density at radius 1 is 0.840 bits per heavy atom. The Hall–Kier alpha value is -1.11. The Balaban J connectivity index is 2.00. The maximum absolute atomic E-state index is 12.4. The number of benzene rings is 1. The molecule has 0 spiro atoms. The van der Waals surface area contributed by atoms with Crippen molar-refractivity contribution in [2.75, 3.05) is 0 Å². The lowest BCUT2D eigenvalue weighted by atomic mass is 9.66. The average molecular weight is 343 g/mol. The molecule has 0 unspecified atom stereocenters. The standard InChI is InChI=1S/C24H38O/c1-3-5-7-9-13-23(25)21-14-16-22(17-15-21)24(18-10-6-4-2)19-11-8-12-20-24/h14-17H,3-13,18-20H2,1-2H3. The lowest BCUT2D eigenvalue weighted by Gasteiger charge is -2.38. The molecule has 0 saturated heterocycles. The van der Waals surface area contributed by atoms with Crippen LogP contribution in [0.15, 0.2) is 24.3 Å². The van der Waals surface area contributed by atoms with Crippen LogP contribution >= 0.6 is 0 Å². The number of ketones is 1. The van der Waals surface area contributed by atoms with E-state index >= 15 is 0 Å². The van der Waals surface area contributed by atoms with Crippen molar-refractivity contribution in [2.45, 2.75) is 109 Å². The van der Waals surface area contributed by atoms with Crippen molar-refractivity contribution < 1.29 is 4.79 Å². The normalized spacial score (nSPS) is 16.7. The van der Waals surface area contributed by atoms with Crippen molar-refractivity contribution >= 4 is 5.78 Å². The van der Waals surface area contributed by atoms with E-state index in [0.29, 0.717) is 17.6 Å². The Morgan fingerprint density at radius 2 is 1.48 bits per heavy atom. The molecule has 25 heavy (non-hydrogen) atoms. The van der Waals surface area contributed by atoms with Crippen molar-refractivity contribution in [3.8, 4) is 0 Å². The molecule has 1 heteroatoms. The van der Waals surface area contributed by atoms with Crippen LogP contribution in [-0.4, -0.2) is 5.78 Å². The minimum absolute atomic E-state index is 0.325. The van der Waals surface area contributed by atoms with Crippen LogP contribution in [0.5, 0.6) is 0 Å². The molecule has 0 radical (unpaired) electrons. The van der Waals surface area contributed by atoms with Gasteiger partial charge in [-0.15, -0.1) is 0 Å². The summed E-state index contributed by atoms with van der Waals surface area (Å²) in [5, 5.41) is 0. The number of carbonyl (C=O) groups is 1. The molecule has 1 saturated carbocycles. The molecule has 0 heterocycles. The van der Waals surface area contributed by atoms with Crippen LogP contribution < -0.4 is 0 Å². The van der Waals surface area contributed by atoms with Gasteiger partial charge in [-0.05, 0) is 36.7 Å². The lowest BCUT2D eigenvalue weighted by Crippen LogP contribution is -2.29. The summed E-state index contributed by atoms with van der Waals surface area (Å²) >= 11 is 0. The van der Waals surface area contributed by atoms with E-state index in [1.807, 2.05) is 0 Å². The molecule has 0 aromatic heterocycles. The minimum Gasteiger partial charge on any atom is -0.294 e. The number of unbranched alkanes of at least 4 members (excludes halogenated alkanes) is 5. The topological polar surface area (TPSA) is 17.1 Å². The second kappa shape index (κ2) is 10.8. The predicted molar refractivity (Wildman–Crippen MR) is 108 cm³/mol. The quantitative estimate of drug-likeness (QED) is 0.298. The maximum atomic E-state index is 12.4. The van der Waals surface area contributed by atoms with E-state index < -0.39 is 0 Å². The molecule has 0 bridgehead atoms. The molecule has 140 valence electrons. The van der Waals surface area contributed by atoms with E-state index in [4.69, 9.17) is 0 Å². The van der Waals surface area contributed by atoms with Gasteiger partial charge in [0.05, 0.1) is 0 Å². The van der Waals surface area contributed by atoms with Gasteiger partial charge in [-0.2, -0.15) is 0 Å². The van der Waals surface area contributed by atoms with Crippen LogP contribution in [0.2, 0.25) is 0 Å². The molecule has 1 fully saturated rings. The van der Waals surface area contributed by atoms with Gasteiger partial charge in [0.15, 0.2) is 5.78 Å². The van der Waals surface area contributed by atoms with Crippen molar-refractivity contribution in [2.24, 2.45) is 0 Å². The molecular weight excluding hydrogens is 304 g/mol. The molecule has 0 amide bonds. The average Bonchev–Trinajstić information content (AvgIpc) is 2.66. The summed E-state index contributed by atoms with van der Waals surface area (Å²) in [5.74, 6) is 0.325. The summed E-state index contributed by atoms with van der Waals surface area (Å²) in [6, 6.07) is 8.76. The van der Waals surface area contributed by atoms with Gasteiger partial charge in [-0.1, -0.05) is 95.9 Å². The van der Waals surface area contributed by atoms with Crippen LogP contribution in [0.3, 0.4) is 0 Å². The zero-order chi connectivity index (χ0) is 18.0. The first kappa shape index (κ1) is 20.2. The van der Waals surface area contributed by atoms with Gasteiger partial charge in [0, 0.05) is 12.0 Å². The van der Waals surface area contributed by atoms with Crippen molar-refractivity contribution in [3.63, 3.8) is 0 Å². The summed E-state index contributed by atoms with van der Waals surface area (Å²) in [7, 11) is 0. The summed E-state index contributed by atoms with van der Waals surface area (Å²) < 4.78 is 0. The Bertz CT molecular complexity index is 493.